The molecule has 64 valence electrons. The van der Waals surface area contributed by atoms with Gasteiger partial charge < -0.3 is 18.9 Å². The van der Waals surface area contributed by atoms with Gasteiger partial charge in [-0.1, -0.05) is 0 Å². The van der Waals surface area contributed by atoms with Crippen molar-refractivity contribution >= 4 is 0 Å². The van der Waals surface area contributed by atoms with E-state index < -0.39 is 0 Å². The monoisotopic (exact) mass is 160 g/mol. The zero-order valence-electron chi connectivity index (χ0n) is 6.49. The molecule has 0 aromatic heterocycles. The molecular formula is C7H12O4. The van der Waals surface area contributed by atoms with Crippen molar-refractivity contribution in [2.45, 2.75) is 18.5 Å². The molecule has 0 saturated carbocycles. The van der Waals surface area contributed by atoms with Crippen molar-refractivity contribution in [3.63, 3.8) is 0 Å². The summed E-state index contributed by atoms with van der Waals surface area (Å²) in [4.78, 5) is 0. The quantitative estimate of drug-likeness (QED) is 0.531. The molecule has 0 bridgehead atoms. The summed E-state index contributed by atoms with van der Waals surface area (Å²) in [7, 11) is 1.66. The molecule has 0 N–H and O–H groups in total. The third-order valence-electron chi connectivity index (χ3n) is 2.04. The van der Waals surface area contributed by atoms with Gasteiger partial charge in [-0.3, -0.25) is 0 Å². The molecule has 0 radical (unpaired) electrons. The third-order valence-corrected chi connectivity index (χ3v) is 2.04. The van der Waals surface area contributed by atoms with Crippen LogP contribution < -0.4 is 0 Å². The number of fused-ring (bicyclic) bond motifs is 1. The Morgan fingerprint density at radius 1 is 1.18 bits per heavy atom. The summed E-state index contributed by atoms with van der Waals surface area (Å²) in [6.45, 7) is 1.84. The zero-order chi connectivity index (χ0) is 7.68. The van der Waals surface area contributed by atoms with E-state index in [9.17, 15) is 0 Å². The van der Waals surface area contributed by atoms with E-state index in [0.717, 1.165) is 0 Å². The Morgan fingerprint density at radius 3 is 2.82 bits per heavy atom. The number of ether oxygens (including phenoxy) is 4. The number of rotatable bonds is 1. The van der Waals surface area contributed by atoms with Gasteiger partial charge in [-0.25, -0.2) is 0 Å². The minimum Gasteiger partial charge on any atom is -0.376 e. The summed E-state index contributed by atoms with van der Waals surface area (Å²) in [5.41, 5.74) is 0. The van der Waals surface area contributed by atoms with Gasteiger partial charge in [0, 0.05) is 7.11 Å². The highest BCUT2D eigenvalue weighted by atomic mass is 16.7. The van der Waals surface area contributed by atoms with Crippen LogP contribution in [0.25, 0.3) is 0 Å². The normalized spacial score (nSPS) is 43.9. The maximum absolute atomic E-state index is 5.43. The van der Waals surface area contributed by atoms with Gasteiger partial charge in [0.2, 0.25) is 0 Å². The van der Waals surface area contributed by atoms with Crippen molar-refractivity contribution in [2.75, 3.05) is 26.9 Å². The van der Waals surface area contributed by atoms with Crippen LogP contribution >= 0.6 is 0 Å². The number of methoxy groups -OCH3 is 1. The Morgan fingerprint density at radius 2 is 2.00 bits per heavy atom. The van der Waals surface area contributed by atoms with Crippen LogP contribution in [0, 0.1) is 0 Å². The summed E-state index contributed by atoms with van der Waals surface area (Å²) in [6, 6.07) is 0. The molecule has 3 atom stereocenters. The molecule has 2 saturated heterocycles. The predicted molar refractivity (Wildman–Crippen MR) is 36.2 cm³/mol. The molecular weight excluding hydrogens is 148 g/mol. The van der Waals surface area contributed by atoms with Gasteiger partial charge in [-0.15, -0.1) is 0 Å². The fourth-order valence-corrected chi connectivity index (χ4v) is 1.43. The Labute approximate surface area is 65.4 Å². The number of hydrogen-bond donors (Lipinski definition) is 0. The maximum Gasteiger partial charge on any atom is 0.186 e. The second kappa shape index (κ2) is 3.06. The smallest absolute Gasteiger partial charge is 0.186 e. The van der Waals surface area contributed by atoms with E-state index in [4.69, 9.17) is 18.9 Å². The molecule has 2 aliphatic heterocycles. The van der Waals surface area contributed by atoms with Crippen molar-refractivity contribution in [1.82, 2.24) is 0 Å². The first-order valence-electron chi connectivity index (χ1n) is 3.79. The zero-order valence-corrected chi connectivity index (χ0v) is 6.49. The molecule has 0 amide bonds. The SMILES string of the molecule is COC1COC2OCCOC12. The molecule has 4 nitrogen and oxygen atoms in total. The highest BCUT2D eigenvalue weighted by Gasteiger charge is 2.41. The molecule has 3 unspecified atom stereocenters. The van der Waals surface area contributed by atoms with Crippen LogP contribution in [0.3, 0.4) is 0 Å². The summed E-state index contributed by atoms with van der Waals surface area (Å²) < 4.78 is 21.2. The van der Waals surface area contributed by atoms with E-state index in [1.807, 2.05) is 0 Å². The number of hydrogen-bond acceptors (Lipinski definition) is 4. The van der Waals surface area contributed by atoms with E-state index in [0.29, 0.717) is 19.8 Å². The van der Waals surface area contributed by atoms with Crippen molar-refractivity contribution in [3.8, 4) is 0 Å². The lowest BCUT2D eigenvalue weighted by Gasteiger charge is -2.26. The van der Waals surface area contributed by atoms with Crippen LogP contribution in [-0.4, -0.2) is 45.4 Å². The van der Waals surface area contributed by atoms with Crippen LogP contribution in [0.2, 0.25) is 0 Å². The molecule has 2 fully saturated rings. The van der Waals surface area contributed by atoms with E-state index >= 15 is 0 Å². The molecule has 11 heavy (non-hydrogen) atoms. The maximum atomic E-state index is 5.43. The van der Waals surface area contributed by atoms with Gasteiger partial charge in [0.15, 0.2) is 6.29 Å². The molecule has 2 heterocycles. The van der Waals surface area contributed by atoms with Crippen molar-refractivity contribution < 1.29 is 18.9 Å². The van der Waals surface area contributed by atoms with Crippen LogP contribution in [0.4, 0.5) is 0 Å². The molecule has 0 aromatic rings. The Kier molecular flexibility index (Phi) is 2.09. The van der Waals surface area contributed by atoms with Gasteiger partial charge >= 0.3 is 0 Å². The lowest BCUT2D eigenvalue weighted by Crippen LogP contribution is -2.41. The van der Waals surface area contributed by atoms with Crippen LogP contribution in [-0.2, 0) is 18.9 Å². The first-order valence-corrected chi connectivity index (χ1v) is 3.79. The lowest BCUT2D eigenvalue weighted by molar-refractivity contribution is -0.216. The largest absolute Gasteiger partial charge is 0.376 e. The average molecular weight is 160 g/mol. The van der Waals surface area contributed by atoms with E-state index in [2.05, 4.69) is 0 Å². The first-order chi connectivity index (χ1) is 5.42. The summed E-state index contributed by atoms with van der Waals surface area (Å²) in [6.07, 6.45) is -0.178. The van der Waals surface area contributed by atoms with Gasteiger partial charge in [0.25, 0.3) is 0 Å². The fourth-order valence-electron chi connectivity index (χ4n) is 1.43. The molecule has 0 aromatic carbocycles. The Balaban J connectivity index is 1.98. The van der Waals surface area contributed by atoms with E-state index in [1.165, 1.54) is 0 Å². The van der Waals surface area contributed by atoms with Crippen LogP contribution in [0.5, 0.6) is 0 Å². The standard InChI is InChI=1S/C7H12O4/c1-8-5-4-11-7-6(5)9-2-3-10-7/h5-7H,2-4H2,1H3. The molecule has 2 aliphatic rings. The van der Waals surface area contributed by atoms with Gasteiger partial charge in [-0.2, -0.15) is 0 Å². The highest BCUT2D eigenvalue weighted by molar-refractivity contribution is 4.82. The summed E-state index contributed by atoms with van der Waals surface area (Å²) >= 11 is 0. The van der Waals surface area contributed by atoms with Crippen molar-refractivity contribution in [1.29, 1.82) is 0 Å². The molecule has 0 spiro atoms. The average Bonchev–Trinajstić information content (AvgIpc) is 2.47. The molecule has 0 aliphatic carbocycles. The Hall–Kier alpha value is -0.160. The Bertz CT molecular complexity index is 132. The first kappa shape index (κ1) is 7.49. The third kappa shape index (κ3) is 1.27. The molecule has 2 rings (SSSR count). The second-order valence-electron chi connectivity index (χ2n) is 2.68. The summed E-state index contributed by atoms with van der Waals surface area (Å²) in [5.74, 6) is 0. The van der Waals surface area contributed by atoms with Crippen LogP contribution in [0.15, 0.2) is 0 Å². The van der Waals surface area contributed by atoms with E-state index in [1.54, 1.807) is 7.11 Å². The lowest BCUT2D eigenvalue weighted by atomic mass is 10.2. The van der Waals surface area contributed by atoms with Crippen LogP contribution in [0.1, 0.15) is 0 Å². The fraction of sp³-hybridized carbons (Fsp3) is 1.00. The van der Waals surface area contributed by atoms with Crippen molar-refractivity contribution in [2.24, 2.45) is 0 Å². The minimum atomic E-state index is -0.200. The molecule has 4 heteroatoms. The summed E-state index contributed by atoms with van der Waals surface area (Å²) in [5, 5.41) is 0. The second-order valence-corrected chi connectivity index (χ2v) is 2.68. The predicted octanol–water partition coefficient (Wildman–Crippen LogP) is -0.227. The van der Waals surface area contributed by atoms with Crippen molar-refractivity contribution in [3.05, 3.63) is 0 Å². The van der Waals surface area contributed by atoms with E-state index in [-0.39, 0.29) is 18.5 Å². The minimum absolute atomic E-state index is 0.0197. The highest BCUT2D eigenvalue weighted by Crippen LogP contribution is 2.23. The van der Waals surface area contributed by atoms with Gasteiger partial charge in [0.05, 0.1) is 19.8 Å². The topological polar surface area (TPSA) is 36.9 Å². The van der Waals surface area contributed by atoms with Gasteiger partial charge in [0.1, 0.15) is 12.2 Å². The van der Waals surface area contributed by atoms with Gasteiger partial charge in [-0.05, 0) is 0 Å².